The zero-order valence-corrected chi connectivity index (χ0v) is 6.18. The molecule has 3 heteroatoms. The van der Waals surface area contributed by atoms with Crippen molar-refractivity contribution in [2.45, 2.75) is 11.9 Å². The van der Waals surface area contributed by atoms with Gasteiger partial charge < -0.3 is 4.98 Å². The Bertz CT molecular complexity index is 207. The zero-order valence-electron chi connectivity index (χ0n) is 5.36. The maximum Gasteiger partial charge on any atom is 0.154 e. The lowest BCUT2D eigenvalue weighted by Gasteiger charge is -1.86. The first-order valence-corrected chi connectivity index (χ1v) is 3.85. The van der Waals surface area contributed by atoms with E-state index in [2.05, 4.69) is 4.98 Å². The van der Waals surface area contributed by atoms with Gasteiger partial charge in [0.25, 0.3) is 0 Å². The molecule has 0 aliphatic heterocycles. The highest BCUT2D eigenvalue weighted by molar-refractivity contribution is 7.98. The fraction of sp³-hybridized carbons (Fsp3) is 0.333. The van der Waals surface area contributed by atoms with Gasteiger partial charge in [-0.2, -0.15) is 0 Å². The van der Waals surface area contributed by atoms with Gasteiger partial charge in [0, 0.05) is 5.69 Å². The van der Waals surface area contributed by atoms with Gasteiger partial charge in [-0.05, 0) is 19.2 Å². The summed E-state index contributed by atoms with van der Waals surface area (Å²) in [5.74, 6) is -0.153. The molecule has 1 rings (SSSR count). The molecule has 0 bridgehead atoms. The van der Waals surface area contributed by atoms with E-state index in [4.69, 9.17) is 0 Å². The summed E-state index contributed by atoms with van der Waals surface area (Å²) in [6, 6.07) is 1.49. The fourth-order valence-corrected chi connectivity index (χ4v) is 1.20. The summed E-state index contributed by atoms with van der Waals surface area (Å²) in [6.07, 6.45) is 1.84. The van der Waals surface area contributed by atoms with E-state index in [0.29, 0.717) is 5.03 Å². The van der Waals surface area contributed by atoms with Crippen LogP contribution in [0.4, 0.5) is 4.39 Å². The van der Waals surface area contributed by atoms with Crippen molar-refractivity contribution in [2.75, 3.05) is 6.26 Å². The molecule has 0 radical (unpaired) electrons. The van der Waals surface area contributed by atoms with Crippen LogP contribution in [0.15, 0.2) is 11.1 Å². The summed E-state index contributed by atoms with van der Waals surface area (Å²) in [5, 5.41) is 0.618. The minimum Gasteiger partial charge on any atom is -0.351 e. The number of aromatic nitrogens is 1. The van der Waals surface area contributed by atoms with Crippen LogP contribution < -0.4 is 0 Å². The first-order chi connectivity index (χ1) is 4.24. The molecule has 1 N–H and O–H groups in total. The summed E-state index contributed by atoms with van der Waals surface area (Å²) < 4.78 is 12.6. The van der Waals surface area contributed by atoms with E-state index in [-0.39, 0.29) is 5.82 Å². The molecule has 0 aliphatic carbocycles. The van der Waals surface area contributed by atoms with E-state index in [0.717, 1.165) is 5.69 Å². The highest BCUT2D eigenvalue weighted by Crippen LogP contribution is 2.17. The summed E-state index contributed by atoms with van der Waals surface area (Å²) in [6.45, 7) is 1.84. The second kappa shape index (κ2) is 2.43. The van der Waals surface area contributed by atoms with E-state index in [9.17, 15) is 4.39 Å². The van der Waals surface area contributed by atoms with Gasteiger partial charge in [-0.3, -0.25) is 0 Å². The topological polar surface area (TPSA) is 15.8 Å². The Morgan fingerprint density at radius 3 is 2.56 bits per heavy atom. The number of H-pyrrole nitrogens is 1. The van der Waals surface area contributed by atoms with E-state index in [1.165, 1.54) is 17.8 Å². The zero-order chi connectivity index (χ0) is 6.85. The average molecular weight is 145 g/mol. The van der Waals surface area contributed by atoms with Crippen molar-refractivity contribution in [3.63, 3.8) is 0 Å². The van der Waals surface area contributed by atoms with Crippen LogP contribution in [0.25, 0.3) is 0 Å². The van der Waals surface area contributed by atoms with Crippen molar-refractivity contribution in [1.29, 1.82) is 0 Å². The summed E-state index contributed by atoms with van der Waals surface area (Å²) in [7, 11) is 0. The molecule has 0 saturated carbocycles. The van der Waals surface area contributed by atoms with Gasteiger partial charge in [-0.25, -0.2) is 4.39 Å². The van der Waals surface area contributed by atoms with Crippen LogP contribution in [-0.2, 0) is 0 Å². The van der Waals surface area contributed by atoms with Crippen molar-refractivity contribution in [2.24, 2.45) is 0 Å². The second-order valence-electron chi connectivity index (χ2n) is 1.83. The largest absolute Gasteiger partial charge is 0.351 e. The third-order valence-corrected chi connectivity index (χ3v) is 1.78. The monoisotopic (exact) mass is 145 g/mol. The molecule has 0 spiro atoms. The van der Waals surface area contributed by atoms with Gasteiger partial charge in [0.1, 0.15) is 5.03 Å². The molecule has 0 aromatic carbocycles. The van der Waals surface area contributed by atoms with Crippen LogP contribution in [0.3, 0.4) is 0 Å². The van der Waals surface area contributed by atoms with Crippen LogP contribution in [0.5, 0.6) is 0 Å². The molecule has 0 unspecified atom stereocenters. The van der Waals surface area contributed by atoms with Crippen molar-refractivity contribution in [3.8, 4) is 0 Å². The third kappa shape index (κ3) is 1.27. The Hall–Kier alpha value is -0.440. The summed E-state index contributed by atoms with van der Waals surface area (Å²) in [4.78, 5) is 2.88. The normalized spacial score (nSPS) is 10.1. The number of aromatic amines is 1. The number of hydrogen-bond acceptors (Lipinski definition) is 1. The van der Waals surface area contributed by atoms with E-state index >= 15 is 0 Å². The van der Waals surface area contributed by atoms with Crippen LogP contribution >= 0.6 is 11.8 Å². The Labute approximate surface area is 57.7 Å². The standard InChI is InChI=1S/C6H8FNS/c1-4-3-5(7)6(8-4)9-2/h3,8H,1-2H3. The molecule has 1 heterocycles. The van der Waals surface area contributed by atoms with Gasteiger partial charge in [-0.1, -0.05) is 0 Å². The number of rotatable bonds is 1. The molecule has 1 aromatic heterocycles. The quantitative estimate of drug-likeness (QED) is 0.599. The van der Waals surface area contributed by atoms with Gasteiger partial charge in [0.15, 0.2) is 5.82 Å². The average Bonchev–Trinajstić information content (AvgIpc) is 2.10. The number of halogens is 1. The highest BCUT2D eigenvalue weighted by Gasteiger charge is 2.01. The predicted molar refractivity (Wildman–Crippen MR) is 37.3 cm³/mol. The smallest absolute Gasteiger partial charge is 0.154 e. The fourth-order valence-electron chi connectivity index (χ4n) is 0.679. The van der Waals surface area contributed by atoms with Crippen molar-refractivity contribution in [3.05, 3.63) is 17.6 Å². The Kier molecular flexibility index (Phi) is 1.81. The Morgan fingerprint density at radius 1 is 1.67 bits per heavy atom. The maximum absolute atomic E-state index is 12.6. The minimum absolute atomic E-state index is 0.153. The number of thioether (sulfide) groups is 1. The summed E-state index contributed by atoms with van der Waals surface area (Å²) >= 11 is 1.39. The molecule has 0 fully saturated rings. The van der Waals surface area contributed by atoms with Gasteiger partial charge in [0.2, 0.25) is 0 Å². The maximum atomic E-state index is 12.6. The van der Waals surface area contributed by atoms with Gasteiger partial charge in [0.05, 0.1) is 0 Å². The van der Waals surface area contributed by atoms with Crippen molar-refractivity contribution < 1.29 is 4.39 Å². The third-order valence-electron chi connectivity index (χ3n) is 1.07. The van der Waals surface area contributed by atoms with Gasteiger partial charge in [-0.15, -0.1) is 11.8 Å². The van der Waals surface area contributed by atoms with Gasteiger partial charge >= 0.3 is 0 Å². The lowest BCUT2D eigenvalue weighted by atomic mass is 10.5. The number of hydrogen-bond donors (Lipinski definition) is 1. The lowest BCUT2D eigenvalue weighted by Crippen LogP contribution is -1.71. The predicted octanol–water partition coefficient (Wildman–Crippen LogP) is 2.18. The molecule has 0 amide bonds. The second-order valence-corrected chi connectivity index (χ2v) is 2.65. The van der Waals surface area contributed by atoms with E-state index in [1.807, 2.05) is 13.2 Å². The van der Waals surface area contributed by atoms with Crippen LogP contribution in [0, 0.1) is 12.7 Å². The molecule has 9 heavy (non-hydrogen) atoms. The summed E-state index contributed by atoms with van der Waals surface area (Å²) in [5.41, 5.74) is 0.872. The van der Waals surface area contributed by atoms with Crippen molar-refractivity contribution in [1.82, 2.24) is 4.98 Å². The Balaban J connectivity index is 3.01. The number of nitrogens with one attached hydrogen (secondary N) is 1. The van der Waals surface area contributed by atoms with E-state index in [1.54, 1.807) is 0 Å². The lowest BCUT2D eigenvalue weighted by molar-refractivity contribution is 0.601. The highest BCUT2D eigenvalue weighted by atomic mass is 32.2. The molecular weight excluding hydrogens is 137 g/mol. The number of aryl methyl sites for hydroxylation is 1. The first-order valence-electron chi connectivity index (χ1n) is 2.63. The Morgan fingerprint density at radius 2 is 2.33 bits per heavy atom. The molecule has 50 valence electrons. The molecule has 0 aliphatic rings. The molecule has 1 nitrogen and oxygen atoms in total. The van der Waals surface area contributed by atoms with Crippen LogP contribution in [0.2, 0.25) is 0 Å². The van der Waals surface area contributed by atoms with Crippen molar-refractivity contribution >= 4 is 11.8 Å². The molecular formula is C6H8FNS. The van der Waals surface area contributed by atoms with E-state index < -0.39 is 0 Å². The molecule has 1 aromatic rings. The van der Waals surface area contributed by atoms with Crippen LogP contribution in [0.1, 0.15) is 5.69 Å². The minimum atomic E-state index is -0.153. The SMILES string of the molecule is CSc1[nH]c(C)cc1F. The molecule has 0 saturated heterocycles. The van der Waals surface area contributed by atoms with Crippen LogP contribution in [-0.4, -0.2) is 11.2 Å². The first kappa shape index (κ1) is 6.68. The molecule has 0 atom stereocenters.